The van der Waals surface area contributed by atoms with Gasteiger partial charge in [-0.15, -0.1) is 11.8 Å². The van der Waals surface area contributed by atoms with Crippen LogP contribution in [0.15, 0.2) is 35.7 Å². The summed E-state index contributed by atoms with van der Waals surface area (Å²) in [7, 11) is 1.55. The van der Waals surface area contributed by atoms with E-state index in [0.29, 0.717) is 23.7 Å². The second-order valence-corrected chi connectivity index (χ2v) is 7.25. The number of anilines is 1. The Morgan fingerprint density at radius 1 is 1.37 bits per heavy atom. The highest BCUT2D eigenvalue weighted by atomic mass is 32.2. The maximum atomic E-state index is 12.8. The van der Waals surface area contributed by atoms with Gasteiger partial charge in [-0.05, 0) is 30.0 Å². The molecule has 142 valence electrons. The number of allylic oxidation sites excluding steroid dienone is 1. The van der Waals surface area contributed by atoms with Crippen molar-refractivity contribution in [1.82, 2.24) is 4.90 Å². The number of unbranched alkanes of at least 4 members (excludes halogenated alkanes) is 1. The number of nitrogens with zero attached hydrogens (tertiary/aromatic N) is 2. The molecule has 4 amide bonds. The molecule has 2 aliphatic heterocycles. The first kappa shape index (κ1) is 19.2. The first-order chi connectivity index (χ1) is 13.0. The molecule has 1 atom stereocenters. The third-order valence-electron chi connectivity index (χ3n) is 4.38. The van der Waals surface area contributed by atoms with Crippen LogP contribution in [0.1, 0.15) is 19.8 Å². The molecule has 0 spiro atoms. The number of thioether (sulfide) groups is 1. The summed E-state index contributed by atoms with van der Waals surface area (Å²) in [4.78, 5) is 39.2. The van der Waals surface area contributed by atoms with Gasteiger partial charge in [-0.2, -0.15) is 14.3 Å². The first-order valence-electron chi connectivity index (χ1n) is 8.80. The highest BCUT2D eigenvalue weighted by molar-refractivity contribution is 8.04. The van der Waals surface area contributed by atoms with Crippen LogP contribution in [0.4, 0.5) is 10.5 Å². The zero-order valence-electron chi connectivity index (χ0n) is 15.3. The Balaban J connectivity index is 1.79. The average Bonchev–Trinajstić information content (AvgIpc) is 3.15. The van der Waals surface area contributed by atoms with Crippen molar-refractivity contribution < 1.29 is 23.7 Å². The van der Waals surface area contributed by atoms with Gasteiger partial charge >= 0.3 is 11.9 Å². The Morgan fingerprint density at radius 2 is 2.19 bits per heavy atom. The van der Waals surface area contributed by atoms with Crippen LogP contribution in [0.3, 0.4) is 0 Å². The van der Waals surface area contributed by atoms with E-state index in [9.17, 15) is 14.4 Å². The smallest absolute Gasteiger partial charge is 0.497 e. The van der Waals surface area contributed by atoms with E-state index < -0.39 is 11.3 Å². The summed E-state index contributed by atoms with van der Waals surface area (Å²) in [5, 5.41) is 4.11. The van der Waals surface area contributed by atoms with Crippen molar-refractivity contribution in [3.05, 3.63) is 35.7 Å². The van der Waals surface area contributed by atoms with E-state index in [1.807, 2.05) is 6.92 Å². The van der Waals surface area contributed by atoms with Crippen molar-refractivity contribution in [2.75, 3.05) is 25.5 Å². The predicted molar refractivity (Wildman–Crippen MR) is 104 cm³/mol. The van der Waals surface area contributed by atoms with Crippen molar-refractivity contribution in [2.45, 2.75) is 25.0 Å². The molecule has 1 N–H and O–H groups in total. The normalized spacial score (nSPS) is 18.7. The van der Waals surface area contributed by atoms with E-state index in [4.69, 9.17) is 4.74 Å². The molecule has 0 fully saturated rings. The van der Waals surface area contributed by atoms with Gasteiger partial charge in [-0.25, -0.2) is 4.79 Å². The fourth-order valence-corrected chi connectivity index (χ4v) is 3.94. The number of amides is 4. The molecule has 2 aliphatic rings. The lowest BCUT2D eigenvalue weighted by Crippen LogP contribution is -2.56. The number of hydrogen-bond donors (Lipinski definition) is 1. The summed E-state index contributed by atoms with van der Waals surface area (Å²) in [5.41, 5.74) is 1.16. The number of nitrogens with one attached hydrogen (secondary N) is 1. The fraction of sp³-hybridized carbons (Fsp3) is 0.368. The molecule has 7 nitrogen and oxygen atoms in total. The second kappa shape index (κ2) is 8.39. The van der Waals surface area contributed by atoms with Crippen LogP contribution >= 0.6 is 11.8 Å². The Kier molecular flexibility index (Phi) is 5.95. The maximum absolute atomic E-state index is 12.8. The minimum atomic E-state index is -0.454. The molecule has 0 aromatic heterocycles. The second-order valence-electron chi connectivity index (χ2n) is 6.24. The number of hydrogen-bond acceptors (Lipinski definition) is 5. The average molecular weight is 388 g/mol. The van der Waals surface area contributed by atoms with E-state index in [-0.39, 0.29) is 18.4 Å². The maximum Gasteiger partial charge on any atom is 0.501 e. The molecule has 8 heteroatoms. The number of benzene rings is 1. The van der Waals surface area contributed by atoms with E-state index in [0.717, 1.165) is 12.8 Å². The minimum Gasteiger partial charge on any atom is -0.497 e. The molecule has 1 unspecified atom stereocenters. The van der Waals surface area contributed by atoms with Gasteiger partial charge in [0.2, 0.25) is 0 Å². The molecule has 1 aromatic carbocycles. The van der Waals surface area contributed by atoms with Gasteiger partial charge < -0.3 is 10.1 Å². The van der Waals surface area contributed by atoms with Gasteiger partial charge in [0, 0.05) is 11.8 Å². The zero-order valence-corrected chi connectivity index (χ0v) is 16.1. The number of fused-ring (bicyclic) bond motifs is 1. The number of imide groups is 1. The molecule has 0 saturated carbocycles. The fourth-order valence-electron chi connectivity index (χ4n) is 2.98. The summed E-state index contributed by atoms with van der Waals surface area (Å²) >= 11 is 1.36. The quantitative estimate of drug-likeness (QED) is 0.726. The van der Waals surface area contributed by atoms with Gasteiger partial charge in [-0.1, -0.05) is 19.4 Å². The van der Waals surface area contributed by atoms with Crippen LogP contribution in [0, 0.1) is 0 Å². The minimum absolute atomic E-state index is 0.150. The molecule has 27 heavy (non-hydrogen) atoms. The number of rotatable bonds is 7. The highest BCUT2D eigenvalue weighted by Crippen LogP contribution is 2.28. The van der Waals surface area contributed by atoms with Crippen molar-refractivity contribution in [3.63, 3.8) is 0 Å². The van der Waals surface area contributed by atoms with Gasteiger partial charge in [0.1, 0.15) is 11.5 Å². The van der Waals surface area contributed by atoms with Gasteiger partial charge in [0.15, 0.2) is 11.8 Å². The lowest BCUT2D eigenvalue weighted by molar-refractivity contribution is -0.425. The Labute approximate surface area is 162 Å². The monoisotopic (exact) mass is 388 g/mol. The van der Waals surface area contributed by atoms with Crippen LogP contribution in [0.2, 0.25) is 0 Å². The van der Waals surface area contributed by atoms with Gasteiger partial charge in [0.05, 0.1) is 13.7 Å². The molecule has 0 saturated heterocycles. The molecular weight excluding hydrogens is 366 g/mol. The van der Waals surface area contributed by atoms with Crippen LogP contribution in [0.5, 0.6) is 5.75 Å². The van der Waals surface area contributed by atoms with Crippen LogP contribution < -0.4 is 10.1 Å². The number of methoxy groups -OCH3 is 1. The SMILES string of the molecule is CCCCN1C(=O)C2SC=CC2=[N+](CC(=O)Nc2cccc(OC)c2)C1=O. The molecular formula is C19H22N3O4S+. The van der Waals surface area contributed by atoms with E-state index >= 15 is 0 Å². The number of ether oxygens (including phenoxy) is 1. The highest BCUT2D eigenvalue weighted by Gasteiger charge is 2.49. The topological polar surface area (TPSA) is 78.7 Å². The third-order valence-corrected chi connectivity index (χ3v) is 5.38. The van der Waals surface area contributed by atoms with E-state index in [1.54, 1.807) is 42.9 Å². The summed E-state index contributed by atoms with van der Waals surface area (Å²) in [6.07, 6.45) is 3.35. The zero-order chi connectivity index (χ0) is 19.4. The lowest BCUT2D eigenvalue weighted by Gasteiger charge is -2.24. The van der Waals surface area contributed by atoms with Crippen molar-refractivity contribution in [3.8, 4) is 5.75 Å². The standard InChI is InChI=1S/C19H21N3O4S/c1-3-4-9-21-18(24)17-15(8-10-27-17)22(19(21)25)12-16(23)20-13-6-5-7-14(11-13)26-2/h5-8,10-11,17H,3-4,9,12H2,1-2H3/p+1. The Morgan fingerprint density at radius 3 is 2.93 bits per heavy atom. The predicted octanol–water partition coefficient (Wildman–Crippen LogP) is 2.48. The van der Waals surface area contributed by atoms with Gasteiger partial charge in [0.25, 0.3) is 5.91 Å². The Hall–Kier alpha value is -2.61. The van der Waals surface area contributed by atoms with Crippen LogP contribution in [-0.2, 0) is 9.59 Å². The molecule has 0 aliphatic carbocycles. The van der Waals surface area contributed by atoms with Crippen molar-refractivity contribution in [1.29, 1.82) is 0 Å². The number of carbonyl (C=O) groups is 3. The molecule has 2 heterocycles. The molecule has 0 bridgehead atoms. The van der Waals surface area contributed by atoms with E-state index in [1.165, 1.54) is 21.2 Å². The summed E-state index contributed by atoms with van der Waals surface area (Å²) in [5.74, 6) is 0.0867. The number of urea groups is 1. The Bertz CT molecular complexity index is 834. The first-order valence-corrected chi connectivity index (χ1v) is 9.75. The summed E-state index contributed by atoms with van der Waals surface area (Å²) < 4.78 is 6.54. The molecule has 0 radical (unpaired) electrons. The number of carbonyl (C=O) groups excluding carboxylic acids is 3. The van der Waals surface area contributed by atoms with Crippen molar-refractivity contribution >= 4 is 41.0 Å². The van der Waals surface area contributed by atoms with Crippen molar-refractivity contribution in [2.24, 2.45) is 0 Å². The van der Waals surface area contributed by atoms with Crippen LogP contribution in [0.25, 0.3) is 0 Å². The van der Waals surface area contributed by atoms with E-state index in [2.05, 4.69) is 5.32 Å². The lowest BCUT2D eigenvalue weighted by atomic mass is 10.1. The summed E-state index contributed by atoms with van der Waals surface area (Å²) in [6, 6.07) is 6.56. The summed E-state index contributed by atoms with van der Waals surface area (Å²) in [6.45, 7) is 2.22. The molecule has 3 rings (SSSR count). The molecule has 1 aromatic rings. The van der Waals surface area contributed by atoms with Gasteiger partial charge in [-0.3, -0.25) is 4.79 Å². The van der Waals surface area contributed by atoms with Crippen LogP contribution in [-0.4, -0.2) is 58.5 Å². The third kappa shape index (κ3) is 4.05. The largest absolute Gasteiger partial charge is 0.501 e.